The molecule has 2 aliphatic carbocycles. The zero-order valence-corrected chi connectivity index (χ0v) is 30.7. The second-order valence-corrected chi connectivity index (χ2v) is 14.6. The maximum Gasteiger partial charge on any atom is 0.353 e. The van der Waals surface area contributed by atoms with Gasteiger partial charge in [-0.15, -0.1) is 4.98 Å². The molecule has 1 aromatic heterocycles. The van der Waals surface area contributed by atoms with Crippen LogP contribution in [0.1, 0.15) is 218 Å². The molecule has 0 unspecified atom stereocenters. The molecule has 0 aromatic carbocycles. The summed E-state index contributed by atoms with van der Waals surface area (Å²) in [6.07, 6.45) is 43.6. The van der Waals surface area contributed by atoms with Crippen LogP contribution in [0.5, 0.6) is 12.0 Å². The van der Waals surface area contributed by atoms with Crippen molar-refractivity contribution in [2.24, 2.45) is 10.3 Å². The molecule has 1 aromatic rings. The van der Waals surface area contributed by atoms with Crippen molar-refractivity contribution in [2.45, 2.75) is 218 Å². The van der Waals surface area contributed by atoms with E-state index < -0.39 is 0 Å². The lowest BCUT2D eigenvalue weighted by Crippen LogP contribution is -2.06. The summed E-state index contributed by atoms with van der Waals surface area (Å²) in [6, 6.07) is 0.133. The van der Waals surface area contributed by atoms with Gasteiger partial charge in [0.1, 0.15) is 0 Å². The van der Waals surface area contributed by atoms with Crippen molar-refractivity contribution < 1.29 is 9.68 Å². The standard InChI is InChI=1S/C39H68ClN5O2/c40-37-41-38(46-44-35-31-27-23-19-15-11-7-3-1-4-8-12-16-20-24-28-32-35)43-39(42-37)47-45-36-33-29-25-21-17-13-9-5-2-6-10-14-18-22-26-30-34-36/h1-34H2. The summed E-state index contributed by atoms with van der Waals surface area (Å²) in [5, 5.41) is 9.08. The Hall–Kier alpha value is -1.76. The second kappa shape index (κ2) is 28.1. The molecule has 2 saturated carbocycles. The fraction of sp³-hybridized carbons (Fsp3) is 0.872. The molecule has 2 fully saturated rings. The van der Waals surface area contributed by atoms with Crippen LogP contribution in [0.2, 0.25) is 5.28 Å². The largest absolute Gasteiger partial charge is 0.353 e. The van der Waals surface area contributed by atoms with Crippen LogP contribution in [-0.4, -0.2) is 26.4 Å². The number of rotatable bonds is 4. The summed E-state index contributed by atoms with van der Waals surface area (Å²) in [5.74, 6) is 0. The highest BCUT2D eigenvalue weighted by molar-refractivity contribution is 6.28. The molecule has 0 aliphatic heterocycles. The van der Waals surface area contributed by atoms with Crippen molar-refractivity contribution in [1.29, 1.82) is 0 Å². The van der Waals surface area contributed by atoms with Gasteiger partial charge in [0.05, 0.1) is 11.4 Å². The number of oxime groups is 2. The van der Waals surface area contributed by atoms with E-state index >= 15 is 0 Å². The molecule has 0 atom stereocenters. The molecule has 0 spiro atoms. The molecule has 0 saturated heterocycles. The number of hydrogen-bond donors (Lipinski definition) is 0. The molecule has 268 valence electrons. The molecule has 0 radical (unpaired) electrons. The fourth-order valence-electron chi connectivity index (χ4n) is 6.95. The maximum atomic E-state index is 6.27. The molecule has 47 heavy (non-hydrogen) atoms. The predicted octanol–water partition coefficient (Wildman–Crippen LogP) is 13.3. The Morgan fingerprint density at radius 3 is 0.766 bits per heavy atom. The third-order valence-electron chi connectivity index (χ3n) is 9.94. The second-order valence-electron chi connectivity index (χ2n) is 14.3. The van der Waals surface area contributed by atoms with Gasteiger partial charge in [-0.3, -0.25) is 0 Å². The Bertz CT molecular complexity index is 860. The first-order chi connectivity index (χ1) is 23.3. The van der Waals surface area contributed by atoms with Crippen molar-refractivity contribution >= 4 is 23.0 Å². The van der Waals surface area contributed by atoms with Crippen LogP contribution in [0.15, 0.2) is 10.3 Å². The summed E-state index contributed by atoms with van der Waals surface area (Å²) in [6.45, 7) is 0. The number of hydrogen-bond acceptors (Lipinski definition) is 7. The van der Waals surface area contributed by atoms with Gasteiger partial charge in [0.2, 0.25) is 5.28 Å². The first kappa shape index (κ1) is 39.7. The smallest absolute Gasteiger partial charge is 0.315 e. The molecular weight excluding hydrogens is 606 g/mol. The van der Waals surface area contributed by atoms with E-state index in [9.17, 15) is 0 Å². The highest BCUT2D eigenvalue weighted by atomic mass is 35.5. The monoisotopic (exact) mass is 674 g/mol. The van der Waals surface area contributed by atoms with E-state index in [1.807, 2.05) is 0 Å². The van der Waals surface area contributed by atoms with Crippen molar-refractivity contribution in [3.8, 4) is 12.0 Å². The lowest BCUT2D eigenvalue weighted by molar-refractivity contribution is 0.276. The molecule has 1 heterocycles. The van der Waals surface area contributed by atoms with E-state index in [2.05, 4.69) is 25.3 Å². The Kier molecular flexibility index (Phi) is 23.7. The van der Waals surface area contributed by atoms with E-state index in [0.717, 1.165) is 62.8 Å². The fourth-order valence-corrected chi connectivity index (χ4v) is 7.10. The zero-order valence-electron chi connectivity index (χ0n) is 30.0. The molecule has 2 aliphatic rings. The Labute approximate surface area is 292 Å². The van der Waals surface area contributed by atoms with E-state index in [0.29, 0.717) is 0 Å². The van der Waals surface area contributed by atoms with Crippen molar-refractivity contribution in [3.63, 3.8) is 0 Å². The van der Waals surface area contributed by atoms with Gasteiger partial charge in [-0.1, -0.05) is 177 Å². The molecule has 3 rings (SSSR count). The van der Waals surface area contributed by atoms with Crippen LogP contribution in [-0.2, 0) is 0 Å². The van der Waals surface area contributed by atoms with Gasteiger partial charge >= 0.3 is 12.0 Å². The van der Waals surface area contributed by atoms with Crippen LogP contribution < -0.4 is 9.68 Å². The minimum absolute atomic E-state index is 0.0276. The SMILES string of the molecule is Clc1nc(ON=C2CCCCCCCCCCCCCCCCC2)nc(ON=C2CCCCCCCCCCCCCCCCC2)n1. The topological polar surface area (TPSA) is 81.9 Å². The van der Waals surface area contributed by atoms with Crippen LogP contribution in [0, 0.1) is 0 Å². The summed E-state index contributed by atoms with van der Waals surface area (Å²) in [4.78, 5) is 24.2. The Morgan fingerprint density at radius 1 is 0.319 bits per heavy atom. The lowest BCUT2D eigenvalue weighted by Gasteiger charge is -2.09. The van der Waals surface area contributed by atoms with Gasteiger partial charge in [-0.25, -0.2) is 0 Å². The number of nitrogens with zero attached hydrogens (tertiary/aromatic N) is 5. The Balaban J connectivity index is 1.54. The van der Waals surface area contributed by atoms with Crippen molar-refractivity contribution in [2.75, 3.05) is 0 Å². The van der Waals surface area contributed by atoms with Gasteiger partial charge in [-0.2, -0.15) is 9.97 Å². The van der Waals surface area contributed by atoms with E-state index in [1.165, 1.54) is 167 Å². The average molecular weight is 674 g/mol. The molecule has 8 heteroatoms. The lowest BCUT2D eigenvalue weighted by atomic mass is 10.0. The maximum absolute atomic E-state index is 6.27. The summed E-state index contributed by atoms with van der Waals surface area (Å²) in [5.41, 5.74) is 2.17. The normalized spacial score (nSPS) is 21.3. The summed E-state index contributed by atoms with van der Waals surface area (Å²) in [7, 11) is 0. The Morgan fingerprint density at radius 2 is 0.532 bits per heavy atom. The number of halogens is 1. The van der Waals surface area contributed by atoms with Gasteiger partial charge in [0.15, 0.2) is 0 Å². The van der Waals surface area contributed by atoms with Crippen LogP contribution in [0.3, 0.4) is 0 Å². The molecule has 0 bridgehead atoms. The average Bonchev–Trinajstić information content (AvgIpc) is 3.07. The quantitative estimate of drug-likeness (QED) is 0.297. The number of aromatic nitrogens is 3. The van der Waals surface area contributed by atoms with Gasteiger partial charge in [0.25, 0.3) is 0 Å². The van der Waals surface area contributed by atoms with E-state index in [-0.39, 0.29) is 17.3 Å². The van der Waals surface area contributed by atoms with Crippen molar-refractivity contribution in [1.82, 2.24) is 15.0 Å². The van der Waals surface area contributed by atoms with E-state index in [4.69, 9.17) is 21.3 Å². The van der Waals surface area contributed by atoms with Crippen LogP contribution in [0.4, 0.5) is 0 Å². The molecule has 0 N–H and O–H groups in total. The first-order valence-electron chi connectivity index (χ1n) is 20.2. The zero-order chi connectivity index (χ0) is 32.9. The van der Waals surface area contributed by atoms with Crippen LogP contribution in [0.25, 0.3) is 0 Å². The minimum atomic E-state index is 0.0276. The van der Waals surface area contributed by atoms with E-state index in [1.54, 1.807) is 0 Å². The van der Waals surface area contributed by atoms with Gasteiger partial charge in [-0.05, 0) is 63.0 Å². The van der Waals surface area contributed by atoms with Crippen LogP contribution >= 0.6 is 11.6 Å². The van der Waals surface area contributed by atoms with Gasteiger partial charge in [0, 0.05) is 0 Å². The molecule has 7 nitrogen and oxygen atoms in total. The van der Waals surface area contributed by atoms with Gasteiger partial charge < -0.3 is 9.68 Å². The first-order valence-corrected chi connectivity index (χ1v) is 20.5. The molecular formula is C39H68ClN5O2. The third-order valence-corrected chi connectivity index (χ3v) is 10.1. The van der Waals surface area contributed by atoms with Crippen molar-refractivity contribution in [3.05, 3.63) is 5.28 Å². The summed E-state index contributed by atoms with van der Waals surface area (Å²) >= 11 is 6.27. The highest BCUT2D eigenvalue weighted by Crippen LogP contribution is 2.20. The minimum Gasteiger partial charge on any atom is -0.315 e. The highest BCUT2D eigenvalue weighted by Gasteiger charge is 2.11. The molecule has 0 amide bonds. The summed E-state index contributed by atoms with van der Waals surface area (Å²) < 4.78 is 0. The predicted molar refractivity (Wildman–Crippen MR) is 198 cm³/mol. The third kappa shape index (κ3) is 21.8.